The molecule has 0 aliphatic carbocycles. The Balaban J connectivity index is 1.75. The van der Waals surface area contributed by atoms with Gasteiger partial charge in [0.05, 0.1) is 22.8 Å². The Morgan fingerprint density at radius 2 is 1.88 bits per heavy atom. The van der Waals surface area contributed by atoms with Crippen LogP contribution >= 0.6 is 23.4 Å². The number of rotatable bonds is 8. The molecule has 1 heterocycles. The SMILES string of the molecule is COCCNC(=O)c1ccc(NC(=O)c2cccnc2Sc2ccc(C)cc2C)cc1Cl. The molecule has 0 spiro atoms. The zero-order chi connectivity index (χ0) is 23.1. The van der Waals surface area contributed by atoms with Gasteiger partial charge in [0.15, 0.2) is 0 Å². The Kier molecular flexibility index (Phi) is 8.27. The van der Waals surface area contributed by atoms with E-state index in [0.717, 1.165) is 10.5 Å². The van der Waals surface area contributed by atoms with Gasteiger partial charge in [-0.05, 0) is 55.8 Å². The standard InChI is InChI=1S/C24H24ClN3O3S/c1-15-6-9-21(16(2)13-15)32-24-19(5-4-10-27-24)23(30)28-17-7-8-18(20(25)14-17)22(29)26-11-12-31-3/h4-10,13-14H,11-12H2,1-3H3,(H,26,29)(H,28,30). The lowest BCUT2D eigenvalue weighted by Gasteiger charge is -2.12. The lowest BCUT2D eigenvalue weighted by Crippen LogP contribution is -2.27. The maximum atomic E-state index is 13.0. The van der Waals surface area contributed by atoms with Gasteiger partial charge in [0, 0.05) is 30.4 Å². The number of anilines is 1. The molecule has 0 saturated heterocycles. The lowest BCUT2D eigenvalue weighted by atomic mass is 10.2. The van der Waals surface area contributed by atoms with E-state index in [9.17, 15) is 9.59 Å². The zero-order valence-electron chi connectivity index (χ0n) is 18.1. The molecule has 3 rings (SSSR count). The summed E-state index contributed by atoms with van der Waals surface area (Å²) in [5.41, 5.74) is 3.57. The van der Waals surface area contributed by atoms with Crippen LogP contribution in [-0.2, 0) is 4.74 Å². The maximum absolute atomic E-state index is 13.0. The number of halogens is 1. The van der Waals surface area contributed by atoms with Crippen LogP contribution < -0.4 is 10.6 Å². The van der Waals surface area contributed by atoms with E-state index in [-0.39, 0.29) is 16.8 Å². The number of nitrogens with zero attached hydrogens (tertiary/aromatic N) is 1. The Morgan fingerprint density at radius 1 is 1.06 bits per heavy atom. The van der Waals surface area contributed by atoms with E-state index in [1.165, 1.54) is 17.3 Å². The molecule has 0 atom stereocenters. The minimum Gasteiger partial charge on any atom is -0.383 e. The van der Waals surface area contributed by atoms with Crippen LogP contribution in [0.2, 0.25) is 5.02 Å². The summed E-state index contributed by atoms with van der Waals surface area (Å²) in [6.45, 7) is 4.87. The first-order valence-electron chi connectivity index (χ1n) is 9.97. The van der Waals surface area contributed by atoms with Gasteiger partial charge in [-0.1, -0.05) is 41.1 Å². The molecule has 3 aromatic rings. The van der Waals surface area contributed by atoms with Gasteiger partial charge < -0.3 is 15.4 Å². The van der Waals surface area contributed by atoms with Crippen LogP contribution in [0.4, 0.5) is 5.69 Å². The molecule has 0 radical (unpaired) electrons. The highest BCUT2D eigenvalue weighted by Gasteiger charge is 2.16. The van der Waals surface area contributed by atoms with Crippen LogP contribution in [0, 0.1) is 13.8 Å². The number of carbonyl (C=O) groups excluding carboxylic acids is 2. The van der Waals surface area contributed by atoms with Gasteiger partial charge in [-0.2, -0.15) is 0 Å². The predicted octanol–water partition coefficient (Wildman–Crippen LogP) is 5.13. The molecule has 0 aliphatic heterocycles. The van der Waals surface area contributed by atoms with Crippen molar-refractivity contribution in [3.63, 3.8) is 0 Å². The molecule has 0 fully saturated rings. The second kappa shape index (κ2) is 11.1. The largest absolute Gasteiger partial charge is 0.383 e. The van der Waals surface area contributed by atoms with Gasteiger partial charge in [-0.25, -0.2) is 4.98 Å². The summed E-state index contributed by atoms with van der Waals surface area (Å²) in [6.07, 6.45) is 1.66. The molecule has 8 heteroatoms. The van der Waals surface area contributed by atoms with Crippen molar-refractivity contribution in [2.45, 2.75) is 23.8 Å². The number of ether oxygens (including phenoxy) is 1. The Bertz CT molecular complexity index is 1140. The average Bonchev–Trinajstić information content (AvgIpc) is 2.76. The second-order valence-corrected chi connectivity index (χ2v) is 8.56. The monoisotopic (exact) mass is 469 g/mol. The highest BCUT2D eigenvalue weighted by atomic mass is 35.5. The van der Waals surface area contributed by atoms with Crippen molar-refractivity contribution >= 4 is 40.9 Å². The van der Waals surface area contributed by atoms with Gasteiger partial charge in [0.1, 0.15) is 5.03 Å². The number of carbonyl (C=O) groups is 2. The van der Waals surface area contributed by atoms with Crippen LogP contribution in [-0.4, -0.2) is 37.1 Å². The summed E-state index contributed by atoms with van der Waals surface area (Å²) in [6, 6.07) is 14.4. The third kappa shape index (κ3) is 6.09. The van der Waals surface area contributed by atoms with Crippen LogP contribution in [0.15, 0.2) is 64.6 Å². The molecule has 32 heavy (non-hydrogen) atoms. The Hall–Kier alpha value is -2.87. The first-order valence-corrected chi connectivity index (χ1v) is 11.2. The summed E-state index contributed by atoms with van der Waals surface area (Å²) in [5.74, 6) is -0.608. The fourth-order valence-corrected chi connectivity index (χ4v) is 4.22. The number of pyridine rings is 1. The zero-order valence-corrected chi connectivity index (χ0v) is 19.6. The van der Waals surface area contributed by atoms with Crippen molar-refractivity contribution in [2.75, 3.05) is 25.6 Å². The van der Waals surface area contributed by atoms with E-state index >= 15 is 0 Å². The number of aromatic nitrogens is 1. The van der Waals surface area contributed by atoms with E-state index in [0.29, 0.717) is 35.0 Å². The van der Waals surface area contributed by atoms with Crippen molar-refractivity contribution in [1.29, 1.82) is 0 Å². The topological polar surface area (TPSA) is 80.3 Å². The number of amides is 2. The van der Waals surface area contributed by atoms with Crippen molar-refractivity contribution in [3.05, 3.63) is 82.0 Å². The summed E-state index contributed by atoms with van der Waals surface area (Å²) in [5, 5.41) is 6.41. The van der Waals surface area contributed by atoms with E-state index in [1.54, 1.807) is 43.6 Å². The molecule has 2 N–H and O–H groups in total. The van der Waals surface area contributed by atoms with E-state index in [4.69, 9.17) is 16.3 Å². The van der Waals surface area contributed by atoms with E-state index in [1.807, 2.05) is 26.0 Å². The van der Waals surface area contributed by atoms with Gasteiger partial charge in [0.25, 0.3) is 11.8 Å². The van der Waals surface area contributed by atoms with Gasteiger partial charge >= 0.3 is 0 Å². The highest BCUT2D eigenvalue weighted by molar-refractivity contribution is 7.99. The molecule has 1 aromatic heterocycles. The van der Waals surface area contributed by atoms with Crippen LogP contribution in [0.5, 0.6) is 0 Å². The molecular formula is C24H24ClN3O3S. The quantitative estimate of drug-likeness (QED) is 0.447. The van der Waals surface area contributed by atoms with Crippen LogP contribution in [0.25, 0.3) is 0 Å². The van der Waals surface area contributed by atoms with Gasteiger partial charge in [-0.3, -0.25) is 9.59 Å². The smallest absolute Gasteiger partial charge is 0.258 e. The number of hydrogen-bond donors (Lipinski definition) is 2. The normalized spacial score (nSPS) is 10.6. The molecule has 2 aromatic carbocycles. The Labute approximate surface area is 196 Å². The van der Waals surface area contributed by atoms with Crippen molar-refractivity contribution in [2.24, 2.45) is 0 Å². The molecule has 0 unspecified atom stereocenters. The molecule has 0 bridgehead atoms. The molecule has 0 saturated carbocycles. The van der Waals surface area contributed by atoms with Crippen molar-refractivity contribution in [3.8, 4) is 0 Å². The van der Waals surface area contributed by atoms with E-state index < -0.39 is 0 Å². The molecule has 0 aliphatic rings. The number of aryl methyl sites for hydroxylation is 2. The van der Waals surface area contributed by atoms with Crippen molar-refractivity contribution < 1.29 is 14.3 Å². The number of methoxy groups -OCH3 is 1. The van der Waals surface area contributed by atoms with Gasteiger partial charge in [-0.15, -0.1) is 0 Å². The minimum atomic E-state index is -0.307. The fourth-order valence-electron chi connectivity index (χ4n) is 3.00. The van der Waals surface area contributed by atoms with Gasteiger partial charge in [0.2, 0.25) is 0 Å². The maximum Gasteiger partial charge on any atom is 0.258 e. The minimum absolute atomic E-state index is 0.244. The second-order valence-electron chi connectivity index (χ2n) is 7.12. The van der Waals surface area contributed by atoms with Crippen LogP contribution in [0.1, 0.15) is 31.8 Å². The number of hydrogen-bond acceptors (Lipinski definition) is 5. The average molecular weight is 470 g/mol. The number of nitrogens with one attached hydrogen (secondary N) is 2. The highest BCUT2D eigenvalue weighted by Crippen LogP contribution is 2.32. The summed E-state index contributed by atoms with van der Waals surface area (Å²) in [4.78, 5) is 30.6. The van der Waals surface area contributed by atoms with E-state index in [2.05, 4.69) is 21.7 Å². The third-order valence-corrected chi connectivity index (χ3v) is 6.13. The molecule has 2 amide bonds. The van der Waals surface area contributed by atoms with Crippen LogP contribution in [0.3, 0.4) is 0 Å². The first-order chi connectivity index (χ1) is 15.4. The fraction of sp³-hybridized carbons (Fsp3) is 0.208. The summed E-state index contributed by atoms with van der Waals surface area (Å²) >= 11 is 7.72. The van der Waals surface area contributed by atoms with Crippen molar-refractivity contribution in [1.82, 2.24) is 10.3 Å². The first kappa shape index (κ1) is 23.8. The lowest BCUT2D eigenvalue weighted by molar-refractivity contribution is 0.0936. The number of benzene rings is 2. The summed E-state index contributed by atoms with van der Waals surface area (Å²) < 4.78 is 4.92. The Morgan fingerprint density at radius 3 is 2.59 bits per heavy atom. The predicted molar refractivity (Wildman–Crippen MR) is 128 cm³/mol. The summed E-state index contributed by atoms with van der Waals surface area (Å²) in [7, 11) is 1.56. The molecular weight excluding hydrogens is 446 g/mol. The third-order valence-electron chi connectivity index (χ3n) is 4.62. The molecule has 6 nitrogen and oxygen atoms in total. The molecule has 166 valence electrons.